The molecule has 25 heavy (non-hydrogen) atoms. The second-order valence-corrected chi connectivity index (χ2v) is 8.54. The molecule has 1 aromatic heterocycles. The van der Waals surface area contributed by atoms with Crippen molar-refractivity contribution in [2.75, 3.05) is 11.2 Å². The highest BCUT2D eigenvalue weighted by molar-refractivity contribution is 7.99. The van der Waals surface area contributed by atoms with Gasteiger partial charge < -0.3 is 9.88 Å². The Morgan fingerprint density at radius 2 is 1.76 bits per heavy atom. The van der Waals surface area contributed by atoms with Crippen molar-refractivity contribution in [1.82, 2.24) is 4.57 Å². The van der Waals surface area contributed by atoms with Crippen molar-refractivity contribution >= 4 is 39.0 Å². The maximum Gasteiger partial charge on any atom is 0.186 e. The van der Waals surface area contributed by atoms with Crippen molar-refractivity contribution in [1.29, 1.82) is 0 Å². The van der Waals surface area contributed by atoms with Crippen molar-refractivity contribution in [3.05, 3.63) is 53.3 Å². The number of hydrogen-bond donors (Lipinski definition) is 1. The number of fused-ring (bicyclic) bond motifs is 1. The third-order valence-corrected chi connectivity index (χ3v) is 5.80. The van der Waals surface area contributed by atoms with Crippen LogP contribution in [0.5, 0.6) is 0 Å². The van der Waals surface area contributed by atoms with Gasteiger partial charge in [-0.05, 0) is 52.0 Å². The fourth-order valence-corrected chi connectivity index (χ4v) is 4.80. The standard InChI is InChI=1S/C20H25N3S2/c1-14(2)22-16-9-5-7-11-18(16)24-13-21-20-23(15(3)4)17-10-6-8-12-19(17)25-20/h5-12,14-15,22H,13H2,1-4H3/b21-20-. The van der Waals surface area contributed by atoms with Crippen molar-refractivity contribution in [2.45, 2.75) is 44.7 Å². The maximum atomic E-state index is 4.90. The summed E-state index contributed by atoms with van der Waals surface area (Å²) >= 11 is 3.55. The van der Waals surface area contributed by atoms with Crippen LogP contribution in [-0.4, -0.2) is 16.5 Å². The summed E-state index contributed by atoms with van der Waals surface area (Å²) in [4.78, 5) is 7.24. The molecule has 0 atom stereocenters. The van der Waals surface area contributed by atoms with Crippen molar-refractivity contribution in [2.24, 2.45) is 4.99 Å². The quantitative estimate of drug-likeness (QED) is 0.559. The number of nitrogens with one attached hydrogen (secondary N) is 1. The lowest BCUT2D eigenvalue weighted by Gasteiger charge is -2.13. The zero-order valence-corrected chi connectivity index (χ0v) is 16.8. The third-order valence-electron chi connectivity index (χ3n) is 3.80. The summed E-state index contributed by atoms with van der Waals surface area (Å²) < 4.78 is 3.63. The molecular weight excluding hydrogens is 346 g/mol. The number of para-hydroxylation sites is 2. The Balaban J connectivity index is 1.86. The summed E-state index contributed by atoms with van der Waals surface area (Å²) in [7, 11) is 0. The van der Waals surface area contributed by atoms with Crippen LogP contribution in [0, 0.1) is 0 Å². The summed E-state index contributed by atoms with van der Waals surface area (Å²) in [6, 6.07) is 17.8. The summed E-state index contributed by atoms with van der Waals surface area (Å²) in [6.07, 6.45) is 0. The van der Waals surface area contributed by atoms with Crippen LogP contribution in [0.25, 0.3) is 10.2 Å². The largest absolute Gasteiger partial charge is 0.382 e. The first-order valence-electron chi connectivity index (χ1n) is 8.65. The average Bonchev–Trinajstić information content (AvgIpc) is 2.94. The smallest absolute Gasteiger partial charge is 0.186 e. The normalized spacial score (nSPS) is 12.5. The lowest BCUT2D eigenvalue weighted by Crippen LogP contribution is -2.17. The number of thioether (sulfide) groups is 1. The number of thiazole rings is 1. The van der Waals surface area contributed by atoms with E-state index in [1.165, 1.54) is 20.8 Å². The van der Waals surface area contributed by atoms with E-state index in [9.17, 15) is 0 Å². The molecule has 0 amide bonds. The molecule has 0 fully saturated rings. The van der Waals surface area contributed by atoms with Crippen LogP contribution in [0.15, 0.2) is 58.4 Å². The number of anilines is 1. The number of aromatic nitrogens is 1. The zero-order valence-electron chi connectivity index (χ0n) is 15.2. The predicted molar refractivity (Wildman–Crippen MR) is 112 cm³/mol. The highest BCUT2D eigenvalue weighted by Crippen LogP contribution is 2.27. The molecule has 0 bridgehead atoms. The van der Waals surface area contributed by atoms with Crippen molar-refractivity contribution in [3.63, 3.8) is 0 Å². The van der Waals surface area contributed by atoms with Gasteiger partial charge in [-0.25, -0.2) is 4.99 Å². The van der Waals surface area contributed by atoms with Crippen molar-refractivity contribution in [3.8, 4) is 0 Å². The molecule has 1 heterocycles. The molecular formula is C20H25N3S2. The minimum absolute atomic E-state index is 0.398. The number of rotatable bonds is 6. The molecule has 0 aliphatic carbocycles. The molecule has 5 heteroatoms. The molecule has 3 nitrogen and oxygen atoms in total. The Bertz CT molecular complexity index is 906. The third kappa shape index (κ3) is 4.28. The number of hydrogen-bond acceptors (Lipinski definition) is 4. The highest BCUT2D eigenvalue weighted by atomic mass is 32.2. The number of benzene rings is 2. The van der Waals surface area contributed by atoms with E-state index in [0.717, 1.165) is 10.7 Å². The molecule has 0 aliphatic heterocycles. The van der Waals surface area contributed by atoms with E-state index >= 15 is 0 Å². The van der Waals surface area contributed by atoms with Crippen LogP contribution in [0.4, 0.5) is 5.69 Å². The second-order valence-electron chi connectivity index (χ2n) is 6.54. The van der Waals surface area contributed by atoms with Gasteiger partial charge in [-0.3, -0.25) is 0 Å². The first-order valence-corrected chi connectivity index (χ1v) is 10.5. The van der Waals surface area contributed by atoms with Crippen LogP contribution >= 0.6 is 23.1 Å². The Hall–Kier alpha value is -1.72. The monoisotopic (exact) mass is 371 g/mol. The van der Waals surface area contributed by atoms with Gasteiger partial charge in [0, 0.05) is 22.7 Å². The second kappa shape index (κ2) is 8.11. The molecule has 3 aromatic rings. The first-order chi connectivity index (χ1) is 12.1. The average molecular weight is 372 g/mol. The minimum Gasteiger partial charge on any atom is -0.382 e. The van der Waals surface area contributed by atoms with Gasteiger partial charge in [0.25, 0.3) is 0 Å². The van der Waals surface area contributed by atoms with Crippen LogP contribution < -0.4 is 10.1 Å². The van der Waals surface area contributed by atoms with Gasteiger partial charge in [-0.15, -0.1) is 11.8 Å². The van der Waals surface area contributed by atoms with Gasteiger partial charge in [-0.2, -0.15) is 0 Å². The highest BCUT2D eigenvalue weighted by Gasteiger charge is 2.08. The molecule has 0 saturated heterocycles. The molecule has 0 radical (unpaired) electrons. The molecule has 132 valence electrons. The van der Waals surface area contributed by atoms with Gasteiger partial charge >= 0.3 is 0 Å². The van der Waals surface area contributed by atoms with E-state index in [-0.39, 0.29) is 0 Å². The van der Waals surface area contributed by atoms with E-state index in [1.807, 2.05) is 0 Å². The van der Waals surface area contributed by atoms with Gasteiger partial charge in [-0.1, -0.05) is 35.6 Å². The van der Waals surface area contributed by atoms with Gasteiger partial charge in [0.1, 0.15) is 0 Å². The van der Waals surface area contributed by atoms with Crippen LogP contribution in [0.1, 0.15) is 33.7 Å². The van der Waals surface area contributed by atoms with Crippen molar-refractivity contribution < 1.29 is 0 Å². The first kappa shape index (κ1) is 18.1. The fourth-order valence-electron chi connectivity index (χ4n) is 2.78. The lowest BCUT2D eigenvalue weighted by molar-refractivity contribution is 0.602. The van der Waals surface area contributed by atoms with E-state index in [4.69, 9.17) is 4.99 Å². The number of nitrogens with zero attached hydrogens (tertiary/aromatic N) is 2. The molecule has 0 unspecified atom stereocenters. The molecule has 0 spiro atoms. The van der Waals surface area contributed by atoms with E-state index in [0.29, 0.717) is 12.1 Å². The summed E-state index contributed by atoms with van der Waals surface area (Å²) in [5, 5.41) is 3.51. The zero-order chi connectivity index (χ0) is 17.8. The fraction of sp³-hybridized carbons (Fsp3) is 0.350. The van der Waals surface area contributed by atoms with E-state index < -0.39 is 0 Å². The Labute approximate surface area is 157 Å². The summed E-state index contributed by atoms with van der Waals surface area (Å²) in [6.45, 7) is 8.75. The van der Waals surface area contributed by atoms with E-state index in [2.05, 4.69) is 86.1 Å². The SMILES string of the molecule is CC(C)Nc1ccccc1SC/N=c1\sc2ccccc2n1C(C)C. The van der Waals surface area contributed by atoms with Gasteiger partial charge in [0.05, 0.1) is 16.1 Å². The maximum absolute atomic E-state index is 4.90. The minimum atomic E-state index is 0.398. The summed E-state index contributed by atoms with van der Waals surface area (Å²) in [5.74, 6) is 0.719. The molecule has 2 aromatic carbocycles. The molecule has 0 aliphatic rings. The van der Waals surface area contributed by atoms with Crippen LogP contribution in [0.2, 0.25) is 0 Å². The predicted octanol–water partition coefficient (Wildman–Crippen LogP) is 5.75. The van der Waals surface area contributed by atoms with E-state index in [1.54, 1.807) is 23.1 Å². The van der Waals surface area contributed by atoms with Gasteiger partial charge in [0.15, 0.2) is 4.80 Å². The molecule has 1 N–H and O–H groups in total. The van der Waals surface area contributed by atoms with Crippen LogP contribution in [0.3, 0.4) is 0 Å². The van der Waals surface area contributed by atoms with Crippen LogP contribution in [-0.2, 0) is 0 Å². The molecule has 0 saturated carbocycles. The Kier molecular flexibility index (Phi) is 5.86. The summed E-state index contributed by atoms with van der Waals surface area (Å²) in [5.41, 5.74) is 2.46. The topological polar surface area (TPSA) is 29.3 Å². The Morgan fingerprint density at radius 1 is 1.04 bits per heavy atom. The lowest BCUT2D eigenvalue weighted by atomic mass is 10.3. The van der Waals surface area contributed by atoms with Gasteiger partial charge in [0.2, 0.25) is 0 Å². The Morgan fingerprint density at radius 3 is 2.52 bits per heavy atom. The molecule has 3 rings (SSSR count).